The first-order valence-electron chi connectivity index (χ1n) is 13.7. The number of carbonyl (C=O) groups is 1. The van der Waals surface area contributed by atoms with E-state index in [2.05, 4.69) is 23.8 Å². The minimum atomic E-state index is -0.627. The highest BCUT2D eigenvalue weighted by molar-refractivity contribution is 5.91. The highest BCUT2D eigenvalue weighted by Crippen LogP contribution is 2.23. The lowest BCUT2D eigenvalue weighted by Gasteiger charge is -2.09. The molecule has 0 unspecified atom stereocenters. The molecule has 198 valence electrons. The molecule has 0 amide bonds. The van der Waals surface area contributed by atoms with Gasteiger partial charge in [-0.05, 0) is 67.3 Å². The van der Waals surface area contributed by atoms with Gasteiger partial charge in [0, 0.05) is 18.0 Å². The van der Waals surface area contributed by atoms with E-state index in [1.807, 2.05) is 12.4 Å². The molecule has 3 rings (SSSR count). The Balaban J connectivity index is 1.48. The zero-order valence-electron chi connectivity index (χ0n) is 22.2. The quantitative estimate of drug-likeness (QED) is 0.111. The molecule has 0 saturated carbocycles. The maximum absolute atomic E-state index is 14.4. The molecule has 0 aliphatic carbocycles. The van der Waals surface area contributed by atoms with Crippen LogP contribution in [0.1, 0.15) is 94.0 Å². The van der Waals surface area contributed by atoms with Crippen molar-refractivity contribution in [3.8, 4) is 22.9 Å². The molecule has 0 N–H and O–H groups in total. The Bertz CT molecular complexity index is 1080. The predicted molar refractivity (Wildman–Crippen MR) is 146 cm³/mol. The summed E-state index contributed by atoms with van der Waals surface area (Å²) in [5, 5.41) is 0. The van der Waals surface area contributed by atoms with E-state index >= 15 is 0 Å². The van der Waals surface area contributed by atoms with Gasteiger partial charge in [-0.25, -0.2) is 19.2 Å². The van der Waals surface area contributed by atoms with Crippen LogP contribution in [0.5, 0.6) is 11.5 Å². The third-order valence-electron chi connectivity index (χ3n) is 6.27. The van der Waals surface area contributed by atoms with Gasteiger partial charge in [0.1, 0.15) is 5.75 Å². The van der Waals surface area contributed by atoms with Crippen molar-refractivity contribution < 1.29 is 18.7 Å². The van der Waals surface area contributed by atoms with Gasteiger partial charge in [-0.15, -0.1) is 0 Å². The average Bonchev–Trinajstić information content (AvgIpc) is 2.92. The second kappa shape index (κ2) is 15.7. The fraction of sp³-hybridized carbons (Fsp3) is 0.452. The summed E-state index contributed by atoms with van der Waals surface area (Å²) in [7, 11) is 0. The van der Waals surface area contributed by atoms with Gasteiger partial charge >= 0.3 is 5.97 Å². The van der Waals surface area contributed by atoms with Gasteiger partial charge in [0.2, 0.25) is 0 Å². The smallest absolute Gasteiger partial charge is 0.343 e. The Morgan fingerprint density at radius 3 is 2.11 bits per heavy atom. The van der Waals surface area contributed by atoms with Crippen molar-refractivity contribution in [3.05, 3.63) is 71.8 Å². The molecule has 0 atom stereocenters. The molecule has 0 aliphatic rings. The SMILES string of the molecule is CCCCCCCOc1ccc(C(=O)Oc2ccc(-c3ncc(CCCCCCC)cn3)cc2)cc1F. The fourth-order valence-corrected chi connectivity index (χ4v) is 4.04. The Morgan fingerprint density at radius 1 is 0.811 bits per heavy atom. The highest BCUT2D eigenvalue weighted by atomic mass is 19.1. The van der Waals surface area contributed by atoms with Gasteiger partial charge in [0.05, 0.1) is 12.2 Å². The first-order valence-corrected chi connectivity index (χ1v) is 13.7. The van der Waals surface area contributed by atoms with Gasteiger partial charge < -0.3 is 9.47 Å². The first kappa shape index (κ1) is 28.3. The van der Waals surface area contributed by atoms with E-state index in [0.29, 0.717) is 18.2 Å². The largest absolute Gasteiger partial charge is 0.491 e. The average molecular weight is 507 g/mol. The monoisotopic (exact) mass is 506 g/mol. The van der Waals surface area contributed by atoms with Crippen LogP contribution in [0.2, 0.25) is 0 Å². The topological polar surface area (TPSA) is 61.3 Å². The number of halogens is 1. The molecule has 2 aromatic carbocycles. The molecule has 0 aliphatic heterocycles. The van der Waals surface area contributed by atoms with E-state index in [4.69, 9.17) is 9.47 Å². The number of carbonyl (C=O) groups excluding carboxylic acids is 1. The van der Waals surface area contributed by atoms with Crippen molar-refractivity contribution in [3.63, 3.8) is 0 Å². The zero-order chi connectivity index (χ0) is 26.3. The Morgan fingerprint density at radius 2 is 1.46 bits per heavy atom. The van der Waals surface area contributed by atoms with E-state index in [9.17, 15) is 9.18 Å². The molecule has 6 heteroatoms. The second-order valence-corrected chi connectivity index (χ2v) is 9.40. The van der Waals surface area contributed by atoms with Crippen LogP contribution in [0, 0.1) is 5.82 Å². The van der Waals surface area contributed by atoms with E-state index in [1.165, 1.54) is 50.7 Å². The molecule has 0 spiro atoms. The van der Waals surface area contributed by atoms with Crippen molar-refractivity contribution in [2.75, 3.05) is 6.61 Å². The standard InChI is InChI=1S/C31H39FN2O3/c1-3-5-7-9-11-13-24-22-33-30(34-23-24)25-14-17-27(18-15-25)37-31(35)26-16-19-29(28(32)21-26)36-20-12-10-8-6-4-2/h14-19,21-23H,3-13,20H2,1-2H3. The summed E-state index contributed by atoms with van der Waals surface area (Å²) in [5.41, 5.74) is 2.10. The summed E-state index contributed by atoms with van der Waals surface area (Å²) in [5.74, 6) is -0.0583. The molecule has 1 aromatic heterocycles. The maximum Gasteiger partial charge on any atom is 0.343 e. The first-order chi connectivity index (χ1) is 18.1. The summed E-state index contributed by atoms with van der Waals surface area (Å²) >= 11 is 0. The number of hydrogen-bond acceptors (Lipinski definition) is 5. The summed E-state index contributed by atoms with van der Waals surface area (Å²) in [6.07, 6.45) is 16.4. The molecule has 3 aromatic rings. The maximum atomic E-state index is 14.4. The highest BCUT2D eigenvalue weighted by Gasteiger charge is 2.13. The molecule has 0 radical (unpaired) electrons. The molecule has 0 fully saturated rings. The number of hydrogen-bond donors (Lipinski definition) is 0. The van der Waals surface area contributed by atoms with E-state index in [-0.39, 0.29) is 11.3 Å². The van der Waals surface area contributed by atoms with Crippen molar-refractivity contribution in [2.45, 2.75) is 84.5 Å². The van der Waals surface area contributed by atoms with Gasteiger partial charge in [-0.1, -0.05) is 65.2 Å². The lowest BCUT2D eigenvalue weighted by molar-refractivity contribution is 0.0734. The minimum Gasteiger partial charge on any atom is -0.491 e. The van der Waals surface area contributed by atoms with Gasteiger partial charge in [0.25, 0.3) is 0 Å². The molecule has 5 nitrogen and oxygen atoms in total. The third kappa shape index (κ3) is 9.60. The van der Waals surface area contributed by atoms with E-state index in [0.717, 1.165) is 49.3 Å². The number of esters is 1. The number of unbranched alkanes of at least 4 members (excludes halogenated alkanes) is 8. The predicted octanol–water partition coefficient (Wildman–Crippen LogP) is 8.36. The van der Waals surface area contributed by atoms with Gasteiger partial charge in [-0.3, -0.25) is 0 Å². The molecular weight excluding hydrogens is 467 g/mol. The third-order valence-corrected chi connectivity index (χ3v) is 6.27. The molecule has 37 heavy (non-hydrogen) atoms. The molecule has 1 heterocycles. The number of aryl methyl sites for hydroxylation is 1. The molecule has 0 saturated heterocycles. The van der Waals surface area contributed by atoms with E-state index < -0.39 is 11.8 Å². The van der Waals surface area contributed by atoms with Crippen LogP contribution in [-0.2, 0) is 6.42 Å². The summed E-state index contributed by atoms with van der Waals surface area (Å²) < 4.78 is 25.4. The van der Waals surface area contributed by atoms with Crippen LogP contribution >= 0.6 is 0 Å². The van der Waals surface area contributed by atoms with Crippen LogP contribution in [0.15, 0.2) is 54.9 Å². The summed E-state index contributed by atoms with van der Waals surface area (Å²) in [4.78, 5) is 21.5. The summed E-state index contributed by atoms with van der Waals surface area (Å²) in [6.45, 7) is 4.84. The van der Waals surface area contributed by atoms with Crippen LogP contribution in [-0.4, -0.2) is 22.5 Å². The number of nitrogens with zero attached hydrogens (tertiary/aromatic N) is 2. The van der Waals surface area contributed by atoms with E-state index in [1.54, 1.807) is 24.3 Å². The Labute approximate surface area is 220 Å². The van der Waals surface area contributed by atoms with Crippen LogP contribution in [0.25, 0.3) is 11.4 Å². The van der Waals surface area contributed by atoms with Gasteiger partial charge in [0.15, 0.2) is 17.4 Å². The number of aromatic nitrogens is 2. The van der Waals surface area contributed by atoms with Crippen molar-refractivity contribution >= 4 is 5.97 Å². The number of rotatable bonds is 16. The van der Waals surface area contributed by atoms with Crippen molar-refractivity contribution in [1.29, 1.82) is 0 Å². The van der Waals surface area contributed by atoms with Crippen LogP contribution in [0.4, 0.5) is 4.39 Å². The summed E-state index contributed by atoms with van der Waals surface area (Å²) in [6, 6.07) is 11.1. The lowest BCUT2D eigenvalue weighted by atomic mass is 10.1. The molecule has 0 bridgehead atoms. The lowest BCUT2D eigenvalue weighted by Crippen LogP contribution is -2.09. The second-order valence-electron chi connectivity index (χ2n) is 9.40. The minimum absolute atomic E-state index is 0.130. The van der Waals surface area contributed by atoms with Crippen molar-refractivity contribution in [2.24, 2.45) is 0 Å². The number of ether oxygens (including phenoxy) is 2. The fourth-order valence-electron chi connectivity index (χ4n) is 4.04. The Hall–Kier alpha value is -3.28. The zero-order valence-corrected chi connectivity index (χ0v) is 22.2. The normalized spacial score (nSPS) is 10.9. The number of benzene rings is 2. The van der Waals surface area contributed by atoms with Crippen LogP contribution in [0.3, 0.4) is 0 Å². The van der Waals surface area contributed by atoms with Crippen molar-refractivity contribution in [1.82, 2.24) is 9.97 Å². The molecular formula is C31H39FN2O3. The van der Waals surface area contributed by atoms with Crippen LogP contribution < -0.4 is 9.47 Å². The van der Waals surface area contributed by atoms with Gasteiger partial charge in [-0.2, -0.15) is 0 Å². The Kier molecular flexibility index (Phi) is 12.0.